The van der Waals surface area contributed by atoms with E-state index in [0.717, 1.165) is 28.4 Å². The summed E-state index contributed by atoms with van der Waals surface area (Å²) in [6.07, 6.45) is 0. The van der Waals surface area contributed by atoms with Crippen LogP contribution in [0.4, 0.5) is 15.8 Å². The summed E-state index contributed by atoms with van der Waals surface area (Å²) in [4.78, 5) is 14.6. The molecule has 0 spiro atoms. The van der Waals surface area contributed by atoms with E-state index >= 15 is 0 Å². The lowest BCUT2D eigenvalue weighted by molar-refractivity contribution is 0.102. The second-order valence-electron chi connectivity index (χ2n) is 6.06. The molecule has 2 aromatic rings. The van der Waals surface area contributed by atoms with Crippen molar-refractivity contribution in [1.82, 2.24) is 4.72 Å². The molecule has 150 valence electrons. The minimum atomic E-state index is -3.80. The Morgan fingerprint density at radius 2 is 1.89 bits per heavy atom. The number of ether oxygens (including phenoxy) is 1. The highest BCUT2D eigenvalue weighted by Crippen LogP contribution is 2.30. The van der Waals surface area contributed by atoms with Crippen LogP contribution in [0, 0.1) is 5.82 Å². The van der Waals surface area contributed by atoms with Gasteiger partial charge in [-0.15, -0.1) is 0 Å². The van der Waals surface area contributed by atoms with Gasteiger partial charge in [-0.25, -0.2) is 17.5 Å². The molecule has 3 rings (SSSR count). The van der Waals surface area contributed by atoms with Crippen LogP contribution in [-0.4, -0.2) is 47.7 Å². The minimum absolute atomic E-state index is 0.191. The second kappa shape index (κ2) is 8.56. The van der Waals surface area contributed by atoms with Crippen molar-refractivity contribution in [2.45, 2.75) is 4.90 Å². The number of nitrogens with one attached hydrogen (secondary N) is 2. The molecule has 1 fully saturated rings. The number of morpholine rings is 1. The molecule has 0 aliphatic carbocycles. The van der Waals surface area contributed by atoms with Crippen LogP contribution in [0.25, 0.3) is 0 Å². The molecule has 1 aliphatic heterocycles. The molecule has 1 amide bonds. The number of carbonyl (C=O) groups is 1. The summed E-state index contributed by atoms with van der Waals surface area (Å²) in [5.74, 6) is -1.55. The smallest absolute Gasteiger partial charge is 0.258 e. The maximum Gasteiger partial charge on any atom is 0.258 e. The maximum atomic E-state index is 14.2. The first kappa shape index (κ1) is 20.7. The molecule has 1 aliphatic rings. The zero-order valence-electron chi connectivity index (χ0n) is 15.0. The van der Waals surface area contributed by atoms with Gasteiger partial charge in [0, 0.05) is 17.6 Å². The second-order valence-corrected chi connectivity index (χ2v) is 8.87. The standard InChI is InChI=1S/C18H19BrFN3O4S/c1-21-28(25,26)13-3-4-15(20)14(11-13)18(24)22-16-10-12(19)2-5-17(16)23-6-8-27-9-7-23/h2-5,10-11,21H,6-9H2,1H3,(H,22,24). The number of carbonyl (C=O) groups excluding carboxylic acids is 1. The third-order valence-electron chi connectivity index (χ3n) is 4.32. The Bertz CT molecular complexity index is 994. The lowest BCUT2D eigenvalue weighted by Gasteiger charge is -2.30. The van der Waals surface area contributed by atoms with E-state index in [1.807, 2.05) is 12.1 Å². The van der Waals surface area contributed by atoms with Gasteiger partial charge in [-0.2, -0.15) is 0 Å². The Morgan fingerprint density at radius 3 is 2.57 bits per heavy atom. The molecule has 0 radical (unpaired) electrons. The van der Waals surface area contributed by atoms with Crippen molar-refractivity contribution in [3.05, 3.63) is 52.3 Å². The van der Waals surface area contributed by atoms with Gasteiger partial charge in [-0.3, -0.25) is 4.79 Å². The molecule has 7 nitrogen and oxygen atoms in total. The number of amides is 1. The fourth-order valence-corrected chi connectivity index (χ4v) is 3.96. The molecule has 28 heavy (non-hydrogen) atoms. The third kappa shape index (κ3) is 4.52. The lowest BCUT2D eigenvalue weighted by Crippen LogP contribution is -2.36. The highest BCUT2D eigenvalue weighted by Gasteiger charge is 2.21. The molecule has 2 aromatic carbocycles. The van der Waals surface area contributed by atoms with Crippen LogP contribution in [0.2, 0.25) is 0 Å². The van der Waals surface area contributed by atoms with Crippen LogP contribution in [0.1, 0.15) is 10.4 Å². The van der Waals surface area contributed by atoms with E-state index in [2.05, 4.69) is 30.9 Å². The van der Waals surface area contributed by atoms with Gasteiger partial charge in [-0.05, 0) is 43.4 Å². The van der Waals surface area contributed by atoms with Crippen molar-refractivity contribution in [3.8, 4) is 0 Å². The van der Waals surface area contributed by atoms with Crippen molar-refractivity contribution in [2.75, 3.05) is 43.6 Å². The summed E-state index contributed by atoms with van der Waals surface area (Å²) in [7, 11) is -2.56. The first-order valence-electron chi connectivity index (χ1n) is 8.48. The number of rotatable bonds is 5. The Hall–Kier alpha value is -2.01. The van der Waals surface area contributed by atoms with Gasteiger partial charge >= 0.3 is 0 Å². The number of hydrogen-bond acceptors (Lipinski definition) is 5. The Morgan fingerprint density at radius 1 is 1.18 bits per heavy atom. The van der Waals surface area contributed by atoms with Crippen LogP contribution >= 0.6 is 15.9 Å². The van der Waals surface area contributed by atoms with Gasteiger partial charge in [0.25, 0.3) is 5.91 Å². The number of sulfonamides is 1. The molecular weight excluding hydrogens is 453 g/mol. The van der Waals surface area contributed by atoms with Crippen molar-refractivity contribution in [2.24, 2.45) is 0 Å². The van der Waals surface area contributed by atoms with Crippen LogP contribution in [0.3, 0.4) is 0 Å². The third-order valence-corrected chi connectivity index (χ3v) is 6.23. The predicted octanol–water partition coefficient (Wildman–Crippen LogP) is 2.59. The average Bonchev–Trinajstić information content (AvgIpc) is 2.69. The normalized spacial score (nSPS) is 14.8. The van der Waals surface area contributed by atoms with Gasteiger partial charge in [-0.1, -0.05) is 15.9 Å². The van der Waals surface area contributed by atoms with Crippen molar-refractivity contribution >= 4 is 43.2 Å². The molecule has 1 saturated heterocycles. The molecule has 0 atom stereocenters. The summed E-state index contributed by atoms with van der Waals surface area (Å²) in [5, 5.41) is 2.70. The summed E-state index contributed by atoms with van der Waals surface area (Å²) in [5.41, 5.74) is 0.908. The summed E-state index contributed by atoms with van der Waals surface area (Å²) < 4.78 is 46.4. The molecular formula is C18H19BrFN3O4S. The molecule has 10 heteroatoms. The SMILES string of the molecule is CNS(=O)(=O)c1ccc(F)c(C(=O)Nc2cc(Br)ccc2N2CCOCC2)c1. The topological polar surface area (TPSA) is 87.7 Å². The summed E-state index contributed by atoms with van der Waals surface area (Å²) >= 11 is 3.37. The number of halogens is 2. The van der Waals surface area contributed by atoms with E-state index < -0.39 is 21.7 Å². The monoisotopic (exact) mass is 471 g/mol. The van der Waals surface area contributed by atoms with Gasteiger partial charge in [0.15, 0.2) is 0 Å². The Kier molecular flexibility index (Phi) is 6.33. The van der Waals surface area contributed by atoms with Crippen molar-refractivity contribution in [3.63, 3.8) is 0 Å². The average molecular weight is 472 g/mol. The lowest BCUT2D eigenvalue weighted by atomic mass is 10.1. The van der Waals surface area contributed by atoms with E-state index in [1.54, 1.807) is 6.07 Å². The van der Waals surface area contributed by atoms with E-state index in [1.165, 1.54) is 7.05 Å². The van der Waals surface area contributed by atoms with Gasteiger partial charge in [0.1, 0.15) is 5.82 Å². The fraction of sp³-hybridized carbons (Fsp3) is 0.278. The molecule has 0 saturated carbocycles. The Labute approximate surface area is 171 Å². The summed E-state index contributed by atoms with van der Waals surface area (Å²) in [6, 6.07) is 8.50. The van der Waals surface area contributed by atoms with Crippen molar-refractivity contribution in [1.29, 1.82) is 0 Å². The van der Waals surface area contributed by atoms with Gasteiger partial charge in [0.05, 0.1) is 35.0 Å². The van der Waals surface area contributed by atoms with E-state index in [9.17, 15) is 17.6 Å². The fourth-order valence-electron chi connectivity index (χ4n) is 2.84. The first-order valence-corrected chi connectivity index (χ1v) is 10.8. The Balaban J connectivity index is 1.93. The molecule has 0 unspecified atom stereocenters. The highest BCUT2D eigenvalue weighted by atomic mass is 79.9. The van der Waals surface area contributed by atoms with Crippen LogP contribution in [-0.2, 0) is 14.8 Å². The van der Waals surface area contributed by atoms with Crippen LogP contribution in [0.5, 0.6) is 0 Å². The first-order chi connectivity index (χ1) is 13.3. The van der Waals surface area contributed by atoms with Gasteiger partial charge < -0.3 is 15.0 Å². The van der Waals surface area contributed by atoms with Crippen LogP contribution < -0.4 is 14.9 Å². The largest absolute Gasteiger partial charge is 0.378 e. The van der Waals surface area contributed by atoms with Crippen LogP contribution in [0.15, 0.2) is 45.8 Å². The predicted molar refractivity (Wildman–Crippen MR) is 108 cm³/mol. The minimum Gasteiger partial charge on any atom is -0.378 e. The molecule has 2 N–H and O–H groups in total. The summed E-state index contributed by atoms with van der Waals surface area (Å²) in [6.45, 7) is 2.47. The molecule has 0 aromatic heterocycles. The van der Waals surface area contributed by atoms with E-state index in [0.29, 0.717) is 32.0 Å². The van der Waals surface area contributed by atoms with Gasteiger partial charge in [0.2, 0.25) is 10.0 Å². The van der Waals surface area contributed by atoms with Crippen molar-refractivity contribution < 1.29 is 22.3 Å². The van der Waals surface area contributed by atoms with E-state index in [-0.39, 0.29) is 10.5 Å². The highest BCUT2D eigenvalue weighted by molar-refractivity contribution is 9.10. The maximum absolute atomic E-state index is 14.2. The van der Waals surface area contributed by atoms with E-state index in [4.69, 9.17) is 4.74 Å². The number of hydrogen-bond donors (Lipinski definition) is 2. The zero-order chi connectivity index (χ0) is 20.3. The number of nitrogens with zero attached hydrogens (tertiary/aromatic N) is 1. The molecule has 0 bridgehead atoms. The number of anilines is 2. The molecule has 1 heterocycles. The quantitative estimate of drug-likeness (QED) is 0.699. The zero-order valence-corrected chi connectivity index (χ0v) is 17.4. The number of benzene rings is 2.